The third kappa shape index (κ3) is 6.69. The van der Waals surface area contributed by atoms with Gasteiger partial charge in [-0.15, -0.1) is 0 Å². The van der Waals surface area contributed by atoms with Gasteiger partial charge in [0.05, 0.1) is 28.8 Å². The van der Waals surface area contributed by atoms with E-state index in [1.54, 1.807) is 18.5 Å². The zero-order valence-electron chi connectivity index (χ0n) is 26.1. The molecule has 0 aliphatic heterocycles. The number of pyridine rings is 2. The van der Waals surface area contributed by atoms with Crippen LogP contribution in [0.5, 0.6) is 0 Å². The maximum absolute atomic E-state index is 14.8. The first-order valence-electron chi connectivity index (χ1n) is 15.5. The number of nitrogens with zero attached hydrogens (tertiary/aromatic N) is 4. The number of aromatic amines is 2. The molecule has 10 heteroatoms. The van der Waals surface area contributed by atoms with Crippen LogP contribution >= 0.6 is 0 Å². The molecule has 0 saturated heterocycles. The Labute approximate surface area is 271 Å². The Morgan fingerprint density at radius 3 is 2.57 bits per heavy atom. The van der Waals surface area contributed by atoms with Gasteiger partial charge in [0.2, 0.25) is 0 Å². The van der Waals surface area contributed by atoms with Gasteiger partial charge in [0.25, 0.3) is 0 Å². The highest BCUT2D eigenvalue weighted by molar-refractivity contribution is 6.00. The van der Waals surface area contributed by atoms with Gasteiger partial charge in [-0.25, -0.2) is 9.37 Å². The molecule has 1 unspecified atom stereocenters. The van der Waals surface area contributed by atoms with Crippen LogP contribution in [0.4, 0.5) is 15.8 Å². The third-order valence-electron chi connectivity index (χ3n) is 8.06. The van der Waals surface area contributed by atoms with Crippen molar-refractivity contribution in [3.8, 4) is 33.8 Å². The van der Waals surface area contributed by atoms with Crippen molar-refractivity contribution in [3.05, 3.63) is 115 Å². The van der Waals surface area contributed by atoms with E-state index < -0.39 is 6.23 Å². The van der Waals surface area contributed by atoms with Crippen LogP contribution in [0.1, 0.15) is 5.56 Å². The van der Waals surface area contributed by atoms with Crippen molar-refractivity contribution in [2.75, 3.05) is 37.8 Å². The lowest BCUT2D eigenvalue weighted by molar-refractivity contribution is 0.204. The second-order valence-electron chi connectivity index (χ2n) is 11.9. The summed E-state index contributed by atoms with van der Waals surface area (Å²) in [5.41, 5.74) is 9.57. The monoisotopic (exact) mass is 626 g/mol. The third-order valence-corrected chi connectivity index (χ3v) is 8.06. The topological polar surface area (TPSA) is 118 Å². The number of fused-ring (bicyclic) bond motifs is 2. The van der Waals surface area contributed by atoms with Gasteiger partial charge in [0, 0.05) is 47.9 Å². The Balaban J connectivity index is 1.18. The highest BCUT2D eigenvalue weighted by Crippen LogP contribution is 2.35. The summed E-state index contributed by atoms with van der Waals surface area (Å²) in [6.07, 6.45) is 3.13. The van der Waals surface area contributed by atoms with Gasteiger partial charge in [-0.1, -0.05) is 42.5 Å². The van der Waals surface area contributed by atoms with E-state index in [9.17, 15) is 9.50 Å². The van der Waals surface area contributed by atoms with Crippen molar-refractivity contribution in [1.82, 2.24) is 30.0 Å². The lowest BCUT2D eigenvalue weighted by atomic mass is 10.0. The van der Waals surface area contributed by atoms with E-state index in [2.05, 4.69) is 35.7 Å². The minimum atomic E-state index is -0.768. The number of aromatic nitrogens is 5. The van der Waals surface area contributed by atoms with E-state index in [1.807, 2.05) is 93.0 Å². The number of nitrogens with one attached hydrogen (secondary N) is 4. The summed E-state index contributed by atoms with van der Waals surface area (Å²) in [5.74, 6) is -0.294. The maximum Gasteiger partial charge on any atom is 0.135 e. The van der Waals surface area contributed by atoms with Gasteiger partial charge in [0.1, 0.15) is 23.3 Å². The van der Waals surface area contributed by atoms with Crippen LogP contribution in [-0.4, -0.2) is 68.6 Å². The Kier molecular flexibility index (Phi) is 8.35. The number of likely N-dealkylation sites (N-methyl/N-ethyl adjacent to an activating group) is 1. The SMILES string of the molecule is CN(C)CCNc1cc(F)cc(-c2cccc3[nH]c(-c4n[nH]c5ccc(-c6cncc(NC(O)Cc7ccccc7)c6)nc45)cc23)c1. The summed E-state index contributed by atoms with van der Waals surface area (Å²) in [6, 6.07) is 28.7. The number of anilines is 2. The lowest BCUT2D eigenvalue weighted by Gasteiger charge is -2.14. The van der Waals surface area contributed by atoms with Gasteiger partial charge in [-0.2, -0.15) is 5.10 Å². The normalized spacial score (nSPS) is 12.2. The van der Waals surface area contributed by atoms with E-state index in [0.717, 1.165) is 62.3 Å². The molecule has 0 aliphatic carbocycles. The van der Waals surface area contributed by atoms with Crippen molar-refractivity contribution >= 4 is 33.3 Å². The second-order valence-corrected chi connectivity index (χ2v) is 11.9. The predicted octanol–water partition coefficient (Wildman–Crippen LogP) is 6.92. The largest absolute Gasteiger partial charge is 0.384 e. The lowest BCUT2D eigenvalue weighted by Crippen LogP contribution is -2.21. The quantitative estimate of drug-likeness (QED) is 0.0990. The van der Waals surface area contributed by atoms with Gasteiger partial charge in [-0.05, 0) is 79.3 Å². The Morgan fingerprint density at radius 2 is 1.72 bits per heavy atom. The molecule has 236 valence electrons. The highest BCUT2D eigenvalue weighted by atomic mass is 19.1. The van der Waals surface area contributed by atoms with E-state index >= 15 is 0 Å². The zero-order chi connectivity index (χ0) is 32.3. The fourth-order valence-corrected chi connectivity index (χ4v) is 5.79. The van der Waals surface area contributed by atoms with Gasteiger partial charge in [-0.3, -0.25) is 10.1 Å². The molecule has 0 bridgehead atoms. The Bertz CT molecular complexity index is 2160. The first kappa shape index (κ1) is 30.1. The van der Waals surface area contributed by atoms with Gasteiger partial charge >= 0.3 is 0 Å². The standard InChI is InChI=1S/C37H35FN8O/c1-46(2)14-13-40-27-17-24(16-26(38)19-27)29-9-6-10-32-30(29)20-34(42-32)37-36-33(44-45-37)12-11-31(43-36)25-18-28(22-39-21-25)41-35(47)15-23-7-4-3-5-8-23/h3-12,16-22,35,40-42,47H,13-15H2,1-2H3,(H,44,45). The molecule has 7 aromatic rings. The number of aliphatic hydroxyl groups excluding tert-OH is 1. The number of rotatable bonds is 11. The molecular weight excluding hydrogens is 591 g/mol. The first-order chi connectivity index (χ1) is 22.9. The highest BCUT2D eigenvalue weighted by Gasteiger charge is 2.17. The molecular formula is C37H35FN8O. The summed E-state index contributed by atoms with van der Waals surface area (Å²) in [6.45, 7) is 1.55. The van der Waals surface area contributed by atoms with Crippen LogP contribution < -0.4 is 10.6 Å². The molecule has 4 heterocycles. The summed E-state index contributed by atoms with van der Waals surface area (Å²) in [5, 5.41) is 25.8. The number of benzene rings is 3. The van der Waals surface area contributed by atoms with Crippen molar-refractivity contribution in [2.45, 2.75) is 12.6 Å². The molecule has 0 aliphatic rings. The summed E-state index contributed by atoms with van der Waals surface area (Å²) < 4.78 is 14.8. The van der Waals surface area contributed by atoms with Gasteiger partial charge < -0.3 is 25.6 Å². The average Bonchev–Trinajstić information content (AvgIpc) is 3.69. The van der Waals surface area contributed by atoms with Crippen molar-refractivity contribution in [3.63, 3.8) is 0 Å². The van der Waals surface area contributed by atoms with E-state index in [1.165, 1.54) is 6.07 Å². The zero-order valence-corrected chi connectivity index (χ0v) is 26.1. The minimum Gasteiger partial charge on any atom is -0.384 e. The van der Waals surface area contributed by atoms with Crippen molar-refractivity contribution < 1.29 is 9.50 Å². The van der Waals surface area contributed by atoms with E-state index in [4.69, 9.17) is 4.98 Å². The Morgan fingerprint density at radius 1 is 0.872 bits per heavy atom. The van der Waals surface area contributed by atoms with Gasteiger partial charge in [0.15, 0.2) is 0 Å². The smallest absolute Gasteiger partial charge is 0.135 e. The van der Waals surface area contributed by atoms with Crippen LogP contribution in [0.2, 0.25) is 0 Å². The van der Waals surface area contributed by atoms with E-state index in [-0.39, 0.29) is 5.82 Å². The average molecular weight is 627 g/mol. The predicted molar refractivity (Wildman–Crippen MR) is 187 cm³/mol. The summed E-state index contributed by atoms with van der Waals surface area (Å²) >= 11 is 0. The molecule has 0 radical (unpaired) electrons. The fraction of sp³-hybridized carbons (Fsp3) is 0.162. The van der Waals surface area contributed by atoms with Crippen LogP contribution in [0, 0.1) is 5.82 Å². The number of aliphatic hydroxyl groups is 1. The number of halogens is 1. The summed E-state index contributed by atoms with van der Waals surface area (Å²) in [7, 11) is 4.02. The molecule has 0 fully saturated rings. The summed E-state index contributed by atoms with van der Waals surface area (Å²) in [4.78, 5) is 15.0. The second kappa shape index (κ2) is 13.0. The fourth-order valence-electron chi connectivity index (χ4n) is 5.79. The van der Waals surface area contributed by atoms with Crippen molar-refractivity contribution in [2.24, 2.45) is 0 Å². The van der Waals surface area contributed by atoms with Crippen LogP contribution in [0.15, 0.2) is 103 Å². The molecule has 1 atom stereocenters. The first-order valence-corrected chi connectivity index (χ1v) is 15.5. The van der Waals surface area contributed by atoms with Crippen molar-refractivity contribution in [1.29, 1.82) is 0 Å². The maximum atomic E-state index is 14.8. The number of hydrogen-bond donors (Lipinski definition) is 5. The molecule has 0 amide bonds. The molecule has 5 N–H and O–H groups in total. The molecule has 4 aromatic heterocycles. The Hall–Kier alpha value is -5.58. The molecule has 3 aromatic carbocycles. The molecule has 9 nitrogen and oxygen atoms in total. The number of H-pyrrole nitrogens is 2. The molecule has 0 spiro atoms. The minimum absolute atomic E-state index is 0.294. The van der Waals surface area contributed by atoms with Crippen LogP contribution in [0.25, 0.3) is 55.7 Å². The molecule has 0 saturated carbocycles. The van der Waals surface area contributed by atoms with E-state index in [0.29, 0.717) is 29.9 Å². The number of hydrogen-bond acceptors (Lipinski definition) is 7. The molecule has 47 heavy (non-hydrogen) atoms. The van der Waals surface area contributed by atoms with Crippen LogP contribution in [-0.2, 0) is 6.42 Å². The van der Waals surface area contributed by atoms with Crippen LogP contribution in [0.3, 0.4) is 0 Å². The molecule has 7 rings (SSSR count).